The van der Waals surface area contributed by atoms with E-state index in [4.69, 9.17) is 0 Å². The molecule has 2 unspecified atom stereocenters. The molecule has 0 radical (unpaired) electrons. The number of carbonyl (C=O) groups is 3. The van der Waals surface area contributed by atoms with Gasteiger partial charge in [0.15, 0.2) is 0 Å². The van der Waals surface area contributed by atoms with Crippen LogP contribution in [0.5, 0.6) is 0 Å². The quantitative estimate of drug-likeness (QED) is 0.546. The first kappa shape index (κ1) is 21.5. The van der Waals surface area contributed by atoms with Crippen molar-refractivity contribution in [3.8, 4) is 0 Å². The van der Waals surface area contributed by atoms with Crippen molar-refractivity contribution in [1.82, 2.24) is 15.1 Å². The van der Waals surface area contributed by atoms with Crippen molar-refractivity contribution in [3.05, 3.63) is 11.6 Å². The van der Waals surface area contributed by atoms with Crippen LogP contribution in [-0.2, 0) is 14.4 Å². The molecule has 0 aromatic rings. The summed E-state index contributed by atoms with van der Waals surface area (Å²) < 4.78 is 0. The Kier molecular flexibility index (Phi) is 7.87. The second kappa shape index (κ2) is 9.90. The van der Waals surface area contributed by atoms with Crippen LogP contribution in [0.3, 0.4) is 0 Å². The minimum atomic E-state index is -0.179. The van der Waals surface area contributed by atoms with Gasteiger partial charge in [-0.05, 0) is 37.5 Å². The molecular weight excluding hydrogens is 342 g/mol. The normalized spacial score (nSPS) is 24.2. The van der Waals surface area contributed by atoms with Crippen molar-refractivity contribution in [3.63, 3.8) is 0 Å². The molecule has 1 aliphatic carbocycles. The van der Waals surface area contributed by atoms with Gasteiger partial charge in [0.1, 0.15) is 0 Å². The molecule has 1 saturated carbocycles. The van der Waals surface area contributed by atoms with Gasteiger partial charge in [-0.2, -0.15) is 0 Å². The topological polar surface area (TPSA) is 69.7 Å². The van der Waals surface area contributed by atoms with Crippen molar-refractivity contribution < 1.29 is 14.4 Å². The molecule has 1 N–H and O–H groups in total. The van der Waals surface area contributed by atoms with E-state index in [1.807, 2.05) is 31.7 Å². The molecule has 152 valence electrons. The van der Waals surface area contributed by atoms with Gasteiger partial charge in [0.25, 0.3) is 0 Å². The van der Waals surface area contributed by atoms with Crippen molar-refractivity contribution >= 4 is 18.2 Å². The van der Waals surface area contributed by atoms with E-state index in [1.165, 1.54) is 25.7 Å². The number of likely N-dealkylation sites (N-methyl/N-ethyl adjacent to an activating group) is 1. The molecular formula is C21H35N3O3. The molecule has 3 atom stereocenters. The summed E-state index contributed by atoms with van der Waals surface area (Å²) in [7, 11) is 1.72. The predicted molar refractivity (Wildman–Crippen MR) is 106 cm³/mol. The van der Waals surface area contributed by atoms with E-state index >= 15 is 0 Å². The van der Waals surface area contributed by atoms with Crippen LogP contribution in [0.4, 0.5) is 0 Å². The molecule has 1 aliphatic heterocycles. The highest BCUT2D eigenvalue weighted by molar-refractivity contribution is 5.93. The molecule has 2 fully saturated rings. The van der Waals surface area contributed by atoms with Gasteiger partial charge in [0.05, 0.1) is 12.6 Å². The van der Waals surface area contributed by atoms with Crippen LogP contribution in [0, 0.1) is 17.8 Å². The molecule has 3 amide bonds. The Hall–Kier alpha value is -1.85. The Morgan fingerprint density at radius 1 is 1.19 bits per heavy atom. The average molecular weight is 378 g/mol. The number of rotatable bonds is 7. The molecule has 0 bridgehead atoms. The van der Waals surface area contributed by atoms with E-state index in [2.05, 4.69) is 5.32 Å². The number of amides is 3. The third kappa shape index (κ3) is 5.56. The minimum Gasteiger partial charge on any atom is -0.350 e. The summed E-state index contributed by atoms with van der Waals surface area (Å²) >= 11 is 0. The first-order valence-electron chi connectivity index (χ1n) is 10.3. The van der Waals surface area contributed by atoms with Crippen molar-refractivity contribution in [2.75, 3.05) is 26.7 Å². The largest absolute Gasteiger partial charge is 0.350 e. The Labute approximate surface area is 163 Å². The maximum Gasteiger partial charge on any atom is 0.249 e. The molecule has 2 aliphatic rings. The Morgan fingerprint density at radius 3 is 2.48 bits per heavy atom. The summed E-state index contributed by atoms with van der Waals surface area (Å²) in [6, 6.07) is -0.179. The highest BCUT2D eigenvalue weighted by Crippen LogP contribution is 2.36. The van der Waals surface area contributed by atoms with E-state index in [1.54, 1.807) is 11.9 Å². The van der Waals surface area contributed by atoms with Gasteiger partial charge in [-0.1, -0.05) is 39.2 Å². The van der Waals surface area contributed by atoms with Gasteiger partial charge in [-0.25, -0.2) is 0 Å². The predicted octanol–water partition coefficient (Wildman–Crippen LogP) is 2.20. The molecule has 0 aromatic carbocycles. The van der Waals surface area contributed by atoms with Crippen molar-refractivity contribution in [2.45, 2.75) is 58.9 Å². The molecule has 6 nitrogen and oxygen atoms in total. The molecule has 6 heteroatoms. The number of carbonyl (C=O) groups excluding carboxylic acids is 3. The SMILES string of the molecule is CC(=C[C@H](C(C)C)N(C)C(=O)CNC=O)C(=O)N1CCC2CCCCC2C1. The van der Waals surface area contributed by atoms with Crippen molar-refractivity contribution in [2.24, 2.45) is 17.8 Å². The zero-order valence-electron chi connectivity index (χ0n) is 17.2. The summed E-state index contributed by atoms with van der Waals surface area (Å²) in [5.41, 5.74) is 0.700. The van der Waals surface area contributed by atoms with E-state index < -0.39 is 0 Å². The molecule has 1 heterocycles. The van der Waals surface area contributed by atoms with Crippen LogP contribution in [0.15, 0.2) is 11.6 Å². The van der Waals surface area contributed by atoms with Gasteiger partial charge in [-0.15, -0.1) is 0 Å². The van der Waals surface area contributed by atoms with Gasteiger partial charge in [0.2, 0.25) is 18.2 Å². The number of likely N-dealkylation sites (tertiary alicyclic amines) is 1. The lowest BCUT2D eigenvalue weighted by molar-refractivity contribution is -0.132. The lowest BCUT2D eigenvalue weighted by atomic mass is 9.75. The third-order valence-corrected chi connectivity index (χ3v) is 6.20. The standard InChI is InChI=1S/C21H35N3O3/c1-15(2)19(23(4)20(26)12-22-14-25)11-16(3)21(27)24-10-9-17-7-5-6-8-18(17)13-24/h11,14-15,17-19H,5-10,12-13H2,1-4H3,(H,22,25)/t17?,18?,19-/m1/s1. The Morgan fingerprint density at radius 2 is 1.85 bits per heavy atom. The maximum atomic E-state index is 13.0. The van der Waals surface area contributed by atoms with E-state index in [0.29, 0.717) is 17.9 Å². The first-order valence-corrected chi connectivity index (χ1v) is 10.3. The zero-order valence-corrected chi connectivity index (χ0v) is 17.2. The van der Waals surface area contributed by atoms with Gasteiger partial charge in [-0.3, -0.25) is 14.4 Å². The summed E-state index contributed by atoms with van der Waals surface area (Å²) in [5.74, 6) is 1.55. The smallest absolute Gasteiger partial charge is 0.249 e. The monoisotopic (exact) mass is 377 g/mol. The highest BCUT2D eigenvalue weighted by Gasteiger charge is 2.33. The van der Waals surface area contributed by atoms with Crippen LogP contribution in [0.2, 0.25) is 0 Å². The fourth-order valence-corrected chi connectivity index (χ4v) is 4.53. The number of fused-ring (bicyclic) bond motifs is 1. The molecule has 0 aromatic heterocycles. The highest BCUT2D eigenvalue weighted by atomic mass is 16.2. The number of nitrogens with one attached hydrogen (secondary N) is 1. The third-order valence-electron chi connectivity index (χ3n) is 6.20. The van der Waals surface area contributed by atoms with Crippen LogP contribution in [0.25, 0.3) is 0 Å². The van der Waals surface area contributed by atoms with E-state index in [-0.39, 0.29) is 30.3 Å². The van der Waals surface area contributed by atoms with Crippen LogP contribution >= 0.6 is 0 Å². The average Bonchev–Trinajstić information content (AvgIpc) is 2.68. The number of hydrogen-bond donors (Lipinski definition) is 1. The first-order chi connectivity index (χ1) is 12.8. The lowest BCUT2D eigenvalue weighted by Crippen LogP contribution is -2.46. The molecule has 0 spiro atoms. The molecule has 1 saturated heterocycles. The van der Waals surface area contributed by atoms with Gasteiger partial charge < -0.3 is 15.1 Å². The summed E-state index contributed by atoms with van der Waals surface area (Å²) in [5, 5.41) is 2.41. The number of nitrogens with zero attached hydrogens (tertiary/aromatic N) is 2. The fourth-order valence-electron chi connectivity index (χ4n) is 4.53. The zero-order chi connectivity index (χ0) is 20.0. The maximum absolute atomic E-state index is 13.0. The number of piperidine rings is 1. The Balaban J connectivity index is 2.04. The Bertz CT molecular complexity index is 573. The van der Waals surface area contributed by atoms with Crippen LogP contribution in [-0.4, -0.2) is 60.7 Å². The van der Waals surface area contributed by atoms with E-state index in [9.17, 15) is 14.4 Å². The van der Waals surface area contributed by atoms with Gasteiger partial charge >= 0.3 is 0 Å². The molecule has 2 rings (SSSR count). The van der Waals surface area contributed by atoms with E-state index in [0.717, 1.165) is 25.4 Å². The minimum absolute atomic E-state index is 0.0285. The fraction of sp³-hybridized carbons (Fsp3) is 0.762. The van der Waals surface area contributed by atoms with Gasteiger partial charge in [0, 0.05) is 25.7 Å². The summed E-state index contributed by atoms with van der Waals surface area (Å²) in [6.45, 7) is 7.60. The second-order valence-corrected chi connectivity index (χ2v) is 8.43. The van der Waals surface area contributed by atoms with Crippen LogP contribution in [0.1, 0.15) is 52.9 Å². The summed E-state index contributed by atoms with van der Waals surface area (Å²) in [4.78, 5) is 39.3. The molecule has 27 heavy (non-hydrogen) atoms. The number of hydrogen-bond acceptors (Lipinski definition) is 3. The second-order valence-electron chi connectivity index (χ2n) is 8.43. The van der Waals surface area contributed by atoms with Crippen LogP contribution < -0.4 is 5.32 Å². The van der Waals surface area contributed by atoms with Crippen molar-refractivity contribution in [1.29, 1.82) is 0 Å². The lowest BCUT2D eigenvalue weighted by Gasteiger charge is -2.41. The summed E-state index contributed by atoms with van der Waals surface area (Å²) in [6.07, 6.45) is 8.74.